The molecule has 0 saturated carbocycles. The molecule has 0 spiro atoms. The number of carbonyl (C=O) groups is 1. The smallest absolute Gasteiger partial charge is 0.251 e. The van der Waals surface area contributed by atoms with Crippen molar-refractivity contribution >= 4 is 5.91 Å². The highest BCUT2D eigenvalue weighted by Gasteiger charge is 2.29. The van der Waals surface area contributed by atoms with E-state index in [-0.39, 0.29) is 24.1 Å². The first kappa shape index (κ1) is 11.5. The minimum Gasteiger partial charge on any atom is -0.372 e. The first-order valence-electron chi connectivity index (χ1n) is 5.15. The van der Waals surface area contributed by atoms with Gasteiger partial charge in [-0.15, -0.1) is 0 Å². The highest BCUT2D eigenvalue weighted by atomic mass is 16.5. The average molecular weight is 200 g/mol. The van der Waals surface area contributed by atoms with Crippen molar-refractivity contribution in [2.24, 2.45) is 5.73 Å². The lowest BCUT2D eigenvalue weighted by molar-refractivity contribution is -0.144. The van der Waals surface area contributed by atoms with E-state index in [1.165, 1.54) is 0 Å². The minimum atomic E-state index is -0.341. The fourth-order valence-corrected chi connectivity index (χ4v) is 1.87. The molecule has 0 bridgehead atoms. The van der Waals surface area contributed by atoms with Crippen LogP contribution in [0.4, 0.5) is 0 Å². The lowest BCUT2D eigenvalue weighted by Crippen LogP contribution is -2.51. The van der Waals surface area contributed by atoms with Gasteiger partial charge in [0.05, 0.1) is 0 Å². The Morgan fingerprint density at radius 2 is 2.29 bits per heavy atom. The van der Waals surface area contributed by atoms with E-state index in [1.54, 1.807) is 14.0 Å². The van der Waals surface area contributed by atoms with E-state index >= 15 is 0 Å². The molecule has 1 amide bonds. The summed E-state index contributed by atoms with van der Waals surface area (Å²) in [5, 5.41) is 0. The van der Waals surface area contributed by atoms with Gasteiger partial charge < -0.3 is 15.4 Å². The second-order valence-corrected chi connectivity index (χ2v) is 4.04. The lowest BCUT2D eigenvalue weighted by Gasteiger charge is -2.37. The fourth-order valence-electron chi connectivity index (χ4n) is 1.87. The largest absolute Gasteiger partial charge is 0.372 e. The molecular weight excluding hydrogens is 180 g/mol. The van der Waals surface area contributed by atoms with E-state index in [2.05, 4.69) is 0 Å². The van der Waals surface area contributed by atoms with Gasteiger partial charge in [0.15, 0.2) is 0 Å². The zero-order valence-corrected chi connectivity index (χ0v) is 9.19. The van der Waals surface area contributed by atoms with Crippen molar-refractivity contribution in [1.82, 2.24) is 4.90 Å². The van der Waals surface area contributed by atoms with E-state index < -0.39 is 0 Å². The van der Waals surface area contributed by atoms with E-state index in [0.717, 1.165) is 19.4 Å². The third kappa shape index (κ3) is 2.45. The van der Waals surface area contributed by atoms with E-state index in [1.807, 2.05) is 11.8 Å². The summed E-state index contributed by atoms with van der Waals surface area (Å²) in [5.74, 6) is 0.0758. The maximum absolute atomic E-state index is 11.8. The Balaban J connectivity index is 2.55. The van der Waals surface area contributed by atoms with Gasteiger partial charge in [0, 0.05) is 25.7 Å². The Kier molecular flexibility index (Phi) is 3.89. The number of piperidine rings is 1. The van der Waals surface area contributed by atoms with Crippen molar-refractivity contribution in [3.8, 4) is 0 Å². The monoisotopic (exact) mass is 200 g/mol. The normalized spacial score (nSPS) is 30.1. The summed E-state index contributed by atoms with van der Waals surface area (Å²) >= 11 is 0. The molecule has 0 radical (unpaired) electrons. The molecule has 14 heavy (non-hydrogen) atoms. The number of rotatable bonds is 2. The van der Waals surface area contributed by atoms with Crippen LogP contribution < -0.4 is 5.73 Å². The first-order chi connectivity index (χ1) is 6.56. The topological polar surface area (TPSA) is 55.6 Å². The fraction of sp³-hybridized carbons (Fsp3) is 0.900. The Labute approximate surface area is 85.4 Å². The minimum absolute atomic E-state index is 0.0758. The van der Waals surface area contributed by atoms with Crippen LogP contribution >= 0.6 is 0 Å². The second-order valence-electron chi connectivity index (χ2n) is 4.04. The molecule has 82 valence electrons. The molecule has 3 unspecified atom stereocenters. The molecule has 2 N–H and O–H groups in total. The van der Waals surface area contributed by atoms with Gasteiger partial charge in [-0.2, -0.15) is 0 Å². The quantitative estimate of drug-likeness (QED) is 0.700. The molecule has 1 saturated heterocycles. The molecule has 0 aromatic heterocycles. The third-order valence-electron chi connectivity index (χ3n) is 2.90. The SMILES string of the molecule is COC(C)C(=O)N1CCC(N)CC1C. The summed E-state index contributed by atoms with van der Waals surface area (Å²) in [4.78, 5) is 13.7. The molecule has 4 heteroatoms. The number of hydrogen-bond donors (Lipinski definition) is 1. The number of nitrogens with two attached hydrogens (primary N) is 1. The molecule has 0 aliphatic carbocycles. The molecule has 1 aliphatic heterocycles. The molecule has 1 fully saturated rings. The van der Waals surface area contributed by atoms with Crippen LogP contribution in [-0.2, 0) is 9.53 Å². The van der Waals surface area contributed by atoms with Crippen molar-refractivity contribution in [2.45, 2.75) is 44.9 Å². The van der Waals surface area contributed by atoms with Gasteiger partial charge in [-0.25, -0.2) is 0 Å². The number of nitrogens with zero attached hydrogens (tertiary/aromatic N) is 1. The van der Waals surface area contributed by atoms with Crippen molar-refractivity contribution in [3.63, 3.8) is 0 Å². The Morgan fingerprint density at radius 3 is 2.79 bits per heavy atom. The number of ether oxygens (including phenoxy) is 1. The van der Waals surface area contributed by atoms with Crippen LogP contribution in [0.2, 0.25) is 0 Å². The van der Waals surface area contributed by atoms with E-state index in [9.17, 15) is 4.79 Å². The number of hydrogen-bond acceptors (Lipinski definition) is 3. The third-order valence-corrected chi connectivity index (χ3v) is 2.90. The highest BCUT2D eigenvalue weighted by Crippen LogP contribution is 2.17. The summed E-state index contributed by atoms with van der Waals surface area (Å²) in [7, 11) is 1.56. The maximum atomic E-state index is 11.8. The Hall–Kier alpha value is -0.610. The number of carbonyl (C=O) groups excluding carboxylic acids is 1. The zero-order chi connectivity index (χ0) is 10.7. The van der Waals surface area contributed by atoms with Crippen molar-refractivity contribution < 1.29 is 9.53 Å². The lowest BCUT2D eigenvalue weighted by atomic mass is 9.98. The van der Waals surface area contributed by atoms with E-state index in [0.29, 0.717) is 0 Å². The number of methoxy groups -OCH3 is 1. The molecule has 3 atom stereocenters. The molecule has 1 rings (SSSR count). The van der Waals surface area contributed by atoms with Crippen LogP contribution in [0.3, 0.4) is 0 Å². The maximum Gasteiger partial charge on any atom is 0.251 e. The van der Waals surface area contributed by atoms with Crippen LogP contribution in [0.15, 0.2) is 0 Å². The van der Waals surface area contributed by atoms with Gasteiger partial charge in [0.2, 0.25) is 0 Å². The molecule has 0 aromatic rings. The molecule has 4 nitrogen and oxygen atoms in total. The standard InChI is InChI=1S/C10H20N2O2/c1-7-6-9(11)4-5-12(7)10(13)8(2)14-3/h7-9H,4-6,11H2,1-3H3. The summed E-state index contributed by atoms with van der Waals surface area (Å²) in [6.45, 7) is 4.58. The molecule has 0 aromatic carbocycles. The molecular formula is C10H20N2O2. The zero-order valence-electron chi connectivity index (χ0n) is 9.19. The predicted octanol–water partition coefficient (Wildman–Crippen LogP) is 0.359. The van der Waals surface area contributed by atoms with Crippen LogP contribution in [0.25, 0.3) is 0 Å². The number of likely N-dealkylation sites (tertiary alicyclic amines) is 1. The first-order valence-corrected chi connectivity index (χ1v) is 5.15. The van der Waals surface area contributed by atoms with Gasteiger partial charge in [-0.05, 0) is 26.7 Å². The van der Waals surface area contributed by atoms with Crippen LogP contribution in [0.1, 0.15) is 26.7 Å². The van der Waals surface area contributed by atoms with Crippen LogP contribution in [0.5, 0.6) is 0 Å². The van der Waals surface area contributed by atoms with Gasteiger partial charge in [-0.1, -0.05) is 0 Å². The summed E-state index contributed by atoms with van der Waals surface area (Å²) in [6, 6.07) is 0.482. The highest BCUT2D eigenvalue weighted by molar-refractivity contribution is 5.80. The van der Waals surface area contributed by atoms with Gasteiger partial charge in [0.25, 0.3) is 5.91 Å². The van der Waals surface area contributed by atoms with Gasteiger partial charge in [-0.3, -0.25) is 4.79 Å². The van der Waals surface area contributed by atoms with Crippen molar-refractivity contribution in [2.75, 3.05) is 13.7 Å². The van der Waals surface area contributed by atoms with Gasteiger partial charge in [0.1, 0.15) is 6.10 Å². The Bertz CT molecular complexity index is 208. The van der Waals surface area contributed by atoms with Crippen molar-refractivity contribution in [3.05, 3.63) is 0 Å². The Morgan fingerprint density at radius 1 is 1.64 bits per heavy atom. The molecule has 1 aliphatic rings. The summed E-state index contributed by atoms with van der Waals surface area (Å²) in [5.41, 5.74) is 5.83. The average Bonchev–Trinajstić information content (AvgIpc) is 2.15. The van der Waals surface area contributed by atoms with Crippen molar-refractivity contribution in [1.29, 1.82) is 0 Å². The summed E-state index contributed by atoms with van der Waals surface area (Å²) < 4.78 is 5.02. The number of amides is 1. The summed E-state index contributed by atoms with van der Waals surface area (Å²) in [6.07, 6.45) is 1.45. The van der Waals surface area contributed by atoms with E-state index in [4.69, 9.17) is 10.5 Å². The van der Waals surface area contributed by atoms with Crippen LogP contribution in [0, 0.1) is 0 Å². The molecule has 1 heterocycles. The van der Waals surface area contributed by atoms with Crippen LogP contribution in [-0.4, -0.2) is 42.6 Å². The predicted molar refractivity (Wildman–Crippen MR) is 54.9 cm³/mol. The van der Waals surface area contributed by atoms with Gasteiger partial charge >= 0.3 is 0 Å². The second kappa shape index (κ2) is 4.75.